The number of carbonyl (C=O) groups excluding carboxylic acids is 1. The molecule has 7 nitrogen and oxygen atoms in total. The molecule has 1 atom stereocenters. The Morgan fingerprint density at radius 1 is 1.12 bits per heavy atom. The standard InChI is InChI=1S/C25H22N4O3S2/c1-16-9-10-18(33-23-14-28-25(34-23)29-22-8-4-5-11-26-22)12-19(16)24(30)27-13-17-15-31-20-6-2-3-7-21(20)32-17/h2-12,14,17H,13,15H2,1H3,(H,27,30)(H,26,28,29). The summed E-state index contributed by atoms with van der Waals surface area (Å²) in [5.74, 6) is 2.04. The van der Waals surface area contributed by atoms with Gasteiger partial charge in [-0.15, -0.1) is 0 Å². The van der Waals surface area contributed by atoms with Crippen LogP contribution in [-0.2, 0) is 0 Å². The van der Waals surface area contributed by atoms with Gasteiger partial charge in [0.05, 0.1) is 17.0 Å². The number of nitrogens with one attached hydrogen (secondary N) is 2. The first-order chi connectivity index (χ1) is 16.6. The van der Waals surface area contributed by atoms with Crippen molar-refractivity contribution in [3.8, 4) is 11.5 Å². The van der Waals surface area contributed by atoms with Crippen LogP contribution in [0.4, 0.5) is 10.9 Å². The van der Waals surface area contributed by atoms with E-state index in [1.54, 1.807) is 18.0 Å². The van der Waals surface area contributed by atoms with Gasteiger partial charge in [0.2, 0.25) is 0 Å². The molecule has 2 aromatic heterocycles. The van der Waals surface area contributed by atoms with Gasteiger partial charge >= 0.3 is 0 Å². The first-order valence-electron chi connectivity index (χ1n) is 10.7. The van der Waals surface area contributed by atoms with Gasteiger partial charge in [0.1, 0.15) is 18.5 Å². The zero-order valence-corrected chi connectivity index (χ0v) is 20.0. The molecule has 0 fully saturated rings. The highest BCUT2D eigenvalue weighted by atomic mass is 32.2. The average Bonchev–Trinajstić information content (AvgIpc) is 3.30. The summed E-state index contributed by atoms with van der Waals surface area (Å²) in [6.45, 7) is 2.69. The number of para-hydroxylation sites is 2. The van der Waals surface area contributed by atoms with Crippen molar-refractivity contribution in [2.24, 2.45) is 0 Å². The number of nitrogens with zero attached hydrogens (tertiary/aromatic N) is 2. The lowest BCUT2D eigenvalue weighted by Crippen LogP contribution is -2.40. The van der Waals surface area contributed by atoms with E-state index >= 15 is 0 Å². The van der Waals surface area contributed by atoms with Gasteiger partial charge in [-0.2, -0.15) is 0 Å². The molecule has 0 spiro atoms. The van der Waals surface area contributed by atoms with Crippen LogP contribution in [-0.4, -0.2) is 35.1 Å². The Bertz CT molecular complexity index is 1300. The molecule has 0 radical (unpaired) electrons. The minimum Gasteiger partial charge on any atom is -0.486 e. The number of thiazole rings is 1. The molecule has 34 heavy (non-hydrogen) atoms. The molecule has 9 heteroatoms. The Kier molecular flexibility index (Phi) is 6.64. The molecule has 1 aliphatic heterocycles. The molecule has 0 aliphatic carbocycles. The maximum atomic E-state index is 12.9. The van der Waals surface area contributed by atoms with Crippen LogP contribution in [0.1, 0.15) is 15.9 Å². The summed E-state index contributed by atoms with van der Waals surface area (Å²) in [7, 11) is 0. The summed E-state index contributed by atoms with van der Waals surface area (Å²) in [4.78, 5) is 22.6. The predicted molar refractivity (Wildman–Crippen MR) is 134 cm³/mol. The smallest absolute Gasteiger partial charge is 0.251 e. The van der Waals surface area contributed by atoms with Gasteiger partial charge in [0.25, 0.3) is 5.91 Å². The quantitative estimate of drug-likeness (QED) is 0.363. The number of ether oxygens (including phenoxy) is 2. The minimum atomic E-state index is -0.237. The highest BCUT2D eigenvalue weighted by Gasteiger charge is 2.22. The first-order valence-corrected chi connectivity index (χ1v) is 12.4. The number of aromatic nitrogens is 2. The lowest BCUT2D eigenvalue weighted by molar-refractivity contribution is 0.0789. The van der Waals surface area contributed by atoms with Gasteiger partial charge in [0, 0.05) is 16.7 Å². The zero-order valence-electron chi connectivity index (χ0n) is 18.4. The van der Waals surface area contributed by atoms with E-state index in [1.807, 2.05) is 73.8 Å². The maximum Gasteiger partial charge on any atom is 0.251 e. The van der Waals surface area contributed by atoms with Gasteiger partial charge in [-0.3, -0.25) is 4.79 Å². The molecule has 2 N–H and O–H groups in total. The van der Waals surface area contributed by atoms with Crippen LogP contribution in [0.2, 0.25) is 0 Å². The number of carbonyl (C=O) groups is 1. The molecule has 172 valence electrons. The first kappa shape index (κ1) is 22.2. The topological polar surface area (TPSA) is 85.4 Å². The molecule has 5 rings (SSSR count). The van der Waals surface area contributed by atoms with Crippen LogP contribution < -0.4 is 20.1 Å². The van der Waals surface area contributed by atoms with Crippen LogP contribution in [0, 0.1) is 6.92 Å². The summed E-state index contributed by atoms with van der Waals surface area (Å²) in [6, 6.07) is 19.1. The second-order valence-corrected chi connectivity index (χ2v) is 10.0. The van der Waals surface area contributed by atoms with E-state index in [0.717, 1.165) is 31.4 Å². The van der Waals surface area contributed by atoms with Crippen molar-refractivity contribution < 1.29 is 14.3 Å². The normalized spacial score (nSPS) is 14.4. The van der Waals surface area contributed by atoms with Crippen molar-refractivity contribution in [1.82, 2.24) is 15.3 Å². The number of benzene rings is 2. The summed E-state index contributed by atoms with van der Waals surface area (Å²) >= 11 is 3.10. The molecule has 2 aromatic carbocycles. The summed E-state index contributed by atoms with van der Waals surface area (Å²) in [5.41, 5.74) is 1.55. The fourth-order valence-electron chi connectivity index (χ4n) is 3.40. The number of aryl methyl sites for hydroxylation is 1. The molecule has 1 aliphatic rings. The highest BCUT2D eigenvalue weighted by Crippen LogP contribution is 2.35. The third-order valence-electron chi connectivity index (χ3n) is 5.11. The van der Waals surface area contributed by atoms with Crippen molar-refractivity contribution in [2.45, 2.75) is 22.1 Å². The Labute approximate surface area is 205 Å². The van der Waals surface area contributed by atoms with E-state index in [2.05, 4.69) is 20.6 Å². The van der Waals surface area contributed by atoms with Crippen molar-refractivity contribution in [3.63, 3.8) is 0 Å². The minimum absolute atomic E-state index is 0.135. The fourth-order valence-corrected chi connectivity index (χ4v) is 5.30. The number of anilines is 2. The maximum absolute atomic E-state index is 12.9. The van der Waals surface area contributed by atoms with Crippen molar-refractivity contribution in [2.75, 3.05) is 18.5 Å². The molecule has 0 saturated carbocycles. The molecule has 0 saturated heterocycles. The molecule has 1 amide bonds. The van der Waals surface area contributed by atoms with E-state index in [4.69, 9.17) is 9.47 Å². The summed E-state index contributed by atoms with van der Waals surface area (Å²) < 4.78 is 12.7. The van der Waals surface area contributed by atoms with Crippen molar-refractivity contribution in [1.29, 1.82) is 0 Å². The van der Waals surface area contributed by atoms with Gasteiger partial charge in [-0.1, -0.05) is 47.4 Å². The lowest BCUT2D eigenvalue weighted by Gasteiger charge is -2.26. The van der Waals surface area contributed by atoms with Crippen LogP contribution >= 0.6 is 23.1 Å². The zero-order chi connectivity index (χ0) is 23.3. The number of fused-ring (bicyclic) bond motifs is 1. The van der Waals surface area contributed by atoms with Gasteiger partial charge in [0.15, 0.2) is 16.6 Å². The molecule has 4 aromatic rings. The number of pyridine rings is 1. The van der Waals surface area contributed by atoms with Crippen LogP contribution in [0.15, 0.2) is 82.2 Å². The highest BCUT2D eigenvalue weighted by molar-refractivity contribution is 8.01. The van der Waals surface area contributed by atoms with Gasteiger partial charge in [-0.05, 0) is 48.9 Å². The average molecular weight is 491 g/mol. The number of amides is 1. The Hall–Kier alpha value is -3.56. The van der Waals surface area contributed by atoms with Gasteiger partial charge < -0.3 is 20.1 Å². The Morgan fingerprint density at radius 2 is 1.97 bits per heavy atom. The molecular formula is C25H22N4O3S2. The van der Waals surface area contributed by atoms with Crippen molar-refractivity contribution in [3.05, 3.63) is 84.2 Å². The Balaban J connectivity index is 1.20. The SMILES string of the molecule is Cc1ccc(Sc2cnc(Nc3ccccn3)s2)cc1C(=O)NCC1COc2ccccc2O1. The molecule has 0 bridgehead atoms. The third kappa shape index (κ3) is 5.32. The van der Waals surface area contributed by atoms with E-state index in [1.165, 1.54) is 11.3 Å². The number of hydrogen-bond acceptors (Lipinski definition) is 8. The van der Waals surface area contributed by atoms with Gasteiger partial charge in [-0.25, -0.2) is 9.97 Å². The summed E-state index contributed by atoms with van der Waals surface area (Å²) in [5, 5.41) is 6.95. The Morgan fingerprint density at radius 3 is 2.82 bits per heavy atom. The second kappa shape index (κ2) is 10.1. The second-order valence-electron chi connectivity index (χ2n) is 7.61. The lowest BCUT2D eigenvalue weighted by atomic mass is 10.1. The number of hydrogen-bond donors (Lipinski definition) is 2. The third-order valence-corrected chi connectivity index (χ3v) is 7.12. The van der Waals surface area contributed by atoms with Crippen LogP contribution in [0.5, 0.6) is 11.5 Å². The molecule has 1 unspecified atom stereocenters. The molecule has 3 heterocycles. The molecular weight excluding hydrogens is 468 g/mol. The van der Waals surface area contributed by atoms with E-state index in [-0.39, 0.29) is 12.0 Å². The van der Waals surface area contributed by atoms with Crippen LogP contribution in [0.3, 0.4) is 0 Å². The van der Waals surface area contributed by atoms with E-state index < -0.39 is 0 Å². The van der Waals surface area contributed by atoms with E-state index in [0.29, 0.717) is 24.5 Å². The van der Waals surface area contributed by atoms with E-state index in [9.17, 15) is 4.79 Å². The predicted octanol–water partition coefficient (Wildman–Crippen LogP) is 5.31. The summed E-state index contributed by atoms with van der Waals surface area (Å²) in [6.07, 6.45) is 3.31. The monoisotopic (exact) mass is 490 g/mol. The fraction of sp³-hybridized carbons (Fsp3) is 0.160. The van der Waals surface area contributed by atoms with Crippen molar-refractivity contribution >= 4 is 40.0 Å². The van der Waals surface area contributed by atoms with Crippen LogP contribution in [0.25, 0.3) is 0 Å². The number of rotatable bonds is 7. The largest absolute Gasteiger partial charge is 0.486 e.